The van der Waals surface area contributed by atoms with Gasteiger partial charge >= 0.3 is 0 Å². The molecule has 0 aromatic carbocycles. The monoisotopic (exact) mass is 263 g/mol. The molecular formula is C15H25N3O. The molecule has 0 aliphatic heterocycles. The summed E-state index contributed by atoms with van der Waals surface area (Å²) in [6.45, 7) is 6.25. The third kappa shape index (κ3) is 3.67. The maximum atomic E-state index is 6.02. The van der Waals surface area contributed by atoms with E-state index in [1.165, 1.54) is 18.4 Å². The van der Waals surface area contributed by atoms with Gasteiger partial charge in [0.2, 0.25) is 5.88 Å². The van der Waals surface area contributed by atoms with Crippen molar-refractivity contribution in [2.75, 3.05) is 20.2 Å². The number of nitrogens with zero attached hydrogens (tertiary/aromatic N) is 2. The summed E-state index contributed by atoms with van der Waals surface area (Å²) < 4.78 is 5.11. The smallest absolute Gasteiger partial charge is 0.212 e. The minimum absolute atomic E-state index is 0.272. The maximum absolute atomic E-state index is 6.02. The van der Waals surface area contributed by atoms with E-state index in [4.69, 9.17) is 10.5 Å². The Bertz CT molecular complexity index is 387. The van der Waals surface area contributed by atoms with Crippen LogP contribution in [0.2, 0.25) is 0 Å². The Kier molecular flexibility index (Phi) is 4.77. The van der Waals surface area contributed by atoms with Gasteiger partial charge in [0.1, 0.15) is 0 Å². The molecule has 4 heteroatoms. The Balaban J connectivity index is 2.15. The number of pyridine rings is 1. The van der Waals surface area contributed by atoms with Crippen LogP contribution in [0, 0.1) is 5.92 Å². The molecular weight excluding hydrogens is 238 g/mol. The highest BCUT2D eigenvalue weighted by atomic mass is 16.5. The van der Waals surface area contributed by atoms with Gasteiger partial charge in [0.05, 0.1) is 7.11 Å². The van der Waals surface area contributed by atoms with E-state index in [0.717, 1.165) is 6.54 Å². The number of hydrogen-bond acceptors (Lipinski definition) is 4. The molecule has 1 aromatic rings. The van der Waals surface area contributed by atoms with E-state index in [9.17, 15) is 0 Å². The Morgan fingerprint density at radius 1 is 1.42 bits per heavy atom. The van der Waals surface area contributed by atoms with Crippen LogP contribution in [0.15, 0.2) is 18.3 Å². The summed E-state index contributed by atoms with van der Waals surface area (Å²) in [5.41, 5.74) is 7.21. The fraction of sp³-hybridized carbons (Fsp3) is 0.667. The molecule has 1 saturated carbocycles. The summed E-state index contributed by atoms with van der Waals surface area (Å²) in [5.74, 6) is 1.31. The van der Waals surface area contributed by atoms with E-state index < -0.39 is 0 Å². The van der Waals surface area contributed by atoms with Crippen LogP contribution in [0.25, 0.3) is 0 Å². The molecule has 1 unspecified atom stereocenters. The molecule has 1 fully saturated rings. The van der Waals surface area contributed by atoms with Crippen LogP contribution in [0.5, 0.6) is 5.88 Å². The Labute approximate surface area is 116 Å². The van der Waals surface area contributed by atoms with Crippen molar-refractivity contribution in [1.82, 2.24) is 9.88 Å². The summed E-state index contributed by atoms with van der Waals surface area (Å²) in [5, 5.41) is 0. The molecule has 1 aliphatic rings. The number of hydrogen-bond donors (Lipinski definition) is 1. The minimum atomic E-state index is 0.272. The summed E-state index contributed by atoms with van der Waals surface area (Å²) in [6.07, 6.45) is 4.49. The molecule has 2 rings (SSSR count). The van der Waals surface area contributed by atoms with Crippen molar-refractivity contribution in [2.24, 2.45) is 11.7 Å². The van der Waals surface area contributed by atoms with E-state index >= 15 is 0 Å². The van der Waals surface area contributed by atoms with Crippen molar-refractivity contribution in [1.29, 1.82) is 0 Å². The molecule has 0 amide bonds. The van der Waals surface area contributed by atoms with E-state index in [2.05, 4.69) is 29.8 Å². The molecule has 0 radical (unpaired) electrons. The van der Waals surface area contributed by atoms with Gasteiger partial charge in [-0.2, -0.15) is 0 Å². The van der Waals surface area contributed by atoms with Gasteiger partial charge in [0.25, 0.3) is 0 Å². The van der Waals surface area contributed by atoms with Gasteiger partial charge in [-0.3, -0.25) is 4.90 Å². The quantitative estimate of drug-likeness (QED) is 0.819. The van der Waals surface area contributed by atoms with Crippen LogP contribution in [-0.4, -0.2) is 36.1 Å². The molecule has 4 nitrogen and oxygen atoms in total. The molecule has 0 spiro atoms. The van der Waals surface area contributed by atoms with Gasteiger partial charge in [-0.1, -0.05) is 19.9 Å². The van der Waals surface area contributed by atoms with Crippen molar-refractivity contribution in [2.45, 2.75) is 38.8 Å². The van der Waals surface area contributed by atoms with Crippen LogP contribution in [0.4, 0.5) is 0 Å². The average molecular weight is 263 g/mol. The highest BCUT2D eigenvalue weighted by molar-refractivity contribution is 5.21. The predicted octanol–water partition coefficient (Wildman–Crippen LogP) is 2.21. The van der Waals surface area contributed by atoms with Gasteiger partial charge in [-0.25, -0.2) is 4.98 Å². The zero-order chi connectivity index (χ0) is 13.8. The normalized spacial score (nSPS) is 16.9. The second-order valence-corrected chi connectivity index (χ2v) is 5.71. The lowest BCUT2D eigenvalue weighted by Gasteiger charge is -2.32. The molecule has 106 valence electrons. The topological polar surface area (TPSA) is 51.4 Å². The van der Waals surface area contributed by atoms with Crippen molar-refractivity contribution < 1.29 is 4.74 Å². The van der Waals surface area contributed by atoms with Crippen molar-refractivity contribution >= 4 is 0 Å². The summed E-state index contributed by atoms with van der Waals surface area (Å²) in [4.78, 5) is 6.85. The lowest BCUT2D eigenvalue weighted by molar-refractivity contribution is 0.169. The van der Waals surface area contributed by atoms with Crippen LogP contribution in [0.3, 0.4) is 0 Å². The van der Waals surface area contributed by atoms with Gasteiger partial charge < -0.3 is 10.5 Å². The molecule has 19 heavy (non-hydrogen) atoms. The summed E-state index contributed by atoms with van der Waals surface area (Å²) >= 11 is 0. The fourth-order valence-electron chi connectivity index (χ4n) is 2.53. The third-order valence-corrected chi connectivity index (χ3v) is 3.57. The second-order valence-electron chi connectivity index (χ2n) is 5.71. The Morgan fingerprint density at radius 3 is 2.58 bits per heavy atom. The van der Waals surface area contributed by atoms with E-state index in [0.29, 0.717) is 24.4 Å². The highest BCUT2D eigenvalue weighted by Gasteiger charge is 2.34. The first-order chi connectivity index (χ1) is 9.15. The van der Waals surface area contributed by atoms with Crippen molar-refractivity contribution in [3.8, 4) is 5.88 Å². The molecule has 1 aromatic heterocycles. The number of ether oxygens (including phenoxy) is 1. The summed E-state index contributed by atoms with van der Waals surface area (Å²) in [7, 11) is 1.64. The third-order valence-electron chi connectivity index (χ3n) is 3.57. The Morgan fingerprint density at radius 2 is 2.16 bits per heavy atom. The van der Waals surface area contributed by atoms with E-state index in [1.54, 1.807) is 7.11 Å². The van der Waals surface area contributed by atoms with Crippen LogP contribution in [-0.2, 0) is 0 Å². The van der Waals surface area contributed by atoms with Gasteiger partial charge in [-0.05, 0) is 24.3 Å². The number of rotatable bonds is 7. The predicted molar refractivity (Wildman–Crippen MR) is 77.2 cm³/mol. The summed E-state index contributed by atoms with van der Waals surface area (Å²) in [6, 6.07) is 4.98. The molecule has 2 N–H and O–H groups in total. The SMILES string of the molecule is COc1ccc(C(CN)N(CC(C)C)C2CC2)cn1. The first-order valence-electron chi connectivity index (χ1n) is 7.11. The Hall–Kier alpha value is -1.13. The standard InChI is InChI=1S/C15H25N3O/c1-11(2)10-18(13-5-6-13)14(8-16)12-4-7-15(19-3)17-9-12/h4,7,9,11,13-14H,5-6,8,10,16H2,1-3H3. The minimum Gasteiger partial charge on any atom is -0.481 e. The van der Waals surface area contributed by atoms with Crippen LogP contribution in [0.1, 0.15) is 38.3 Å². The second kappa shape index (κ2) is 6.35. The fourth-order valence-corrected chi connectivity index (χ4v) is 2.53. The molecule has 1 atom stereocenters. The largest absolute Gasteiger partial charge is 0.481 e. The molecule has 0 bridgehead atoms. The van der Waals surface area contributed by atoms with Crippen LogP contribution >= 0.6 is 0 Å². The van der Waals surface area contributed by atoms with E-state index in [1.807, 2.05) is 12.3 Å². The molecule has 0 saturated heterocycles. The lowest BCUT2D eigenvalue weighted by Crippen LogP contribution is -2.38. The lowest BCUT2D eigenvalue weighted by atomic mass is 10.1. The first-order valence-corrected chi connectivity index (χ1v) is 7.11. The highest BCUT2D eigenvalue weighted by Crippen LogP contribution is 2.34. The van der Waals surface area contributed by atoms with Gasteiger partial charge in [0, 0.05) is 37.4 Å². The van der Waals surface area contributed by atoms with Crippen molar-refractivity contribution in [3.05, 3.63) is 23.9 Å². The van der Waals surface area contributed by atoms with Crippen molar-refractivity contribution in [3.63, 3.8) is 0 Å². The van der Waals surface area contributed by atoms with Gasteiger partial charge in [-0.15, -0.1) is 0 Å². The average Bonchev–Trinajstić information content (AvgIpc) is 3.23. The number of aromatic nitrogens is 1. The zero-order valence-corrected chi connectivity index (χ0v) is 12.2. The number of methoxy groups -OCH3 is 1. The first kappa shape index (κ1) is 14.3. The van der Waals surface area contributed by atoms with Gasteiger partial charge in [0.15, 0.2) is 0 Å². The zero-order valence-electron chi connectivity index (χ0n) is 12.2. The van der Waals surface area contributed by atoms with E-state index in [-0.39, 0.29) is 6.04 Å². The maximum Gasteiger partial charge on any atom is 0.212 e. The molecule has 1 aliphatic carbocycles. The molecule has 1 heterocycles. The number of nitrogens with two attached hydrogens (primary N) is 1. The van der Waals surface area contributed by atoms with Crippen LogP contribution < -0.4 is 10.5 Å².